The Labute approximate surface area is 97.2 Å². The van der Waals surface area contributed by atoms with Gasteiger partial charge in [-0.2, -0.15) is 10.2 Å². The fraction of sp³-hybridized carbons (Fsp3) is 0.692. The van der Waals surface area contributed by atoms with Crippen LogP contribution in [0.25, 0.3) is 0 Å². The maximum atomic E-state index is 5.72. The van der Waals surface area contributed by atoms with Gasteiger partial charge in [-0.15, -0.1) is 0 Å². The van der Waals surface area contributed by atoms with Gasteiger partial charge < -0.3 is 4.74 Å². The number of hydrogen-bond acceptors (Lipinski definition) is 3. The summed E-state index contributed by atoms with van der Waals surface area (Å²) >= 11 is 0. The van der Waals surface area contributed by atoms with E-state index in [4.69, 9.17) is 4.74 Å². The predicted octanol–water partition coefficient (Wildman–Crippen LogP) is 2.73. The van der Waals surface area contributed by atoms with Crippen LogP contribution < -0.4 is 4.74 Å². The van der Waals surface area contributed by atoms with Crippen LogP contribution >= 0.6 is 0 Å². The third-order valence-electron chi connectivity index (χ3n) is 2.87. The molecule has 1 aromatic heterocycles. The van der Waals surface area contributed by atoms with E-state index in [2.05, 4.69) is 37.9 Å². The molecule has 0 atom stereocenters. The second-order valence-corrected chi connectivity index (χ2v) is 5.19. The van der Waals surface area contributed by atoms with Gasteiger partial charge in [0.2, 0.25) is 0 Å². The molecule has 0 unspecified atom stereocenters. The molecular weight excluding hydrogens is 200 g/mol. The van der Waals surface area contributed by atoms with Crippen molar-refractivity contribution in [1.82, 2.24) is 10.2 Å². The Morgan fingerprint density at radius 1 is 1.19 bits per heavy atom. The number of fused-ring (bicyclic) bond motifs is 1. The molecule has 0 bridgehead atoms. The molecule has 1 aliphatic rings. The van der Waals surface area contributed by atoms with Gasteiger partial charge in [0.25, 0.3) is 0 Å². The molecule has 2 rings (SSSR count). The summed E-state index contributed by atoms with van der Waals surface area (Å²) in [6, 6.07) is 0. The Bertz CT molecular complexity index is 386. The molecule has 0 spiro atoms. The zero-order chi connectivity index (χ0) is 11.7. The SMILES string of the molecule is CC(C)Cc1nnc(C(C)C)c2c1OCC2. The molecule has 0 N–H and O–H groups in total. The standard InChI is InChI=1S/C13H20N2O/c1-8(2)7-11-13-10(5-6-16-13)12(9(3)4)15-14-11/h8-9H,5-7H2,1-4H3. The third kappa shape index (κ3) is 2.04. The van der Waals surface area contributed by atoms with Crippen LogP contribution in [0.15, 0.2) is 0 Å². The molecule has 1 aromatic rings. The average Bonchev–Trinajstić information content (AvgIpc) is 2.65. The van der Waals surface area contributed by atoms with Crippen LogP contribution in [0.4, 0.5) is 0 Å². The lowest BCUT2D eigenvalue weighted by Crippen LogP contribution is -2.06. The highest BCUT2D eigenvalue weighted by molar-refractivity contribution is 5.43. The first-order valence-corrected chi connectivity index (χ1v) is 6.10. The minimum absolute atomic E-state index is 0.427. The van der Waals surface area contributed by atoms with E-state index in [1.54, 1.807) is 0 Å². The fourth-order valence-corrected chi connectivity index (χ4v) is 2.16. The quantitative estimate of drug-likeness (QED) is 0.785. The van der Waals surface area contributed by atoms with Crippen molar-refractivity contribution < 1.29 is 4.74 Å². The lowest BCUT2D eigenvalue weighted by Gasteiger charge is -2.12. The summed E-state index contributed by atoms with van der Waals surface area (Å²) in [5, 5.41) is 8.71. The zero-order valence-electron chi connectivity index (χ0n) is 10.6. The molecule has 0 radical (unpaired) electrons. The lowest BCUT2D eigenvalue weighted by molar-refractivity contribution is 0.349. The van der Waals surface area contributed by atoms with E-state index in [1.807, 2.05) is 0 Å². The summed E-state index contributed by atoms with van der Waals surface area (Å²) in [7, 11) is 0. The van der Waals surface area contributed by atoms with Gasteiger partial charge in [-0.1, -0.05) is 27.7 Å². The van der Waals surface area contributed by atoms with Crippen molar-refractivity contribution in [3.05, 3.63) is 17.0 Å². The zero-order valence-corrected chi connectivity index (χ0v) is 10.6. The highest BCUT2D eigenvalue weighted by Gasteiger charge is 2.24. The number of hydrogen-bond donors (Lipinski definition) is 0. The minimum Gasteiger partial charge on any atom is -0.491 e. The van der Waals surface area contributed by atoms with E-state index in [1.165, 1.54) is 5.56 Å². The number of rotatable bonds is 3. The lowest BCUT2D eigenvalue weighted by atomic mass is 9.99. The van der Waals surface area contributed by atoms with E-state index in [0.29, 0.717) is 11.8 Å². The minimum atomic E-state index is 0.427. The van der Waals surface area contributed by atoms with Crippen molar-refractivity contribution >= 4 is 0 Å². The molecule has 88 valence electrons. The molecule has 0 fully saturated rings. The van der Waals surface area contributed by atoms with E-state index < -0.39 is 0 Å². The largest absolute Gasteiger partial charge is 0.491 e. The van der Waals surface area contributed by atoms with Crippen LogP contribution in [0.3, 0.4) is 0 Å². The number of ether oxygens (including phenoxy) is 1. The van der Waals surface area contributed by atoms with Crippen LogP contribution in [0.5, 0.6) is 5.75 Å². The Morgan fingerprint density at radius 2 is 1.94 bits per heavy atom. The van der Waals surface area contributed by atoms with Gasteiger partial charge in [0, 0.05) is 12.0 Å². The van der Waals surface area contributed by atoms with Crippen molar-refractivity contribution in [3.8, 4) is 5.75 Å². The van der Waals surface area contributed by atoms with Gasteiger partial charge in [0.05, 0.1) is 12.3 Å². The molecule has 0 amide bonds. The second-order valence-electron chi connectivity index (χ2n) is 5.19. The van der Waals surface area contributed by atoms with E-state index in [-0.39, 0.29) is 0 Å². The van der Waals surface area contributed by atoms with Crippen LogP contribution in [0.1, 0.15) is 50.6 Å². The van der Waals surface area contributed by atoms with E-state index in [0.717, 1.165) is 36.6 Å². The average molecular weight is 220 g/mol. The molecule has 16 heavy (non-hydrogen) atoms. The Kier molecular flexibility index (Phi) is 3.13. The van der Waals surface area contributed by atoms with Crippen molar-refractivity contribution in [3.63, 3.8) is 0 Å². The fourth-order valence-electron chi connectivity index (χ4n) is 2.16. The smallest absolute Gasteiger partial charge is 0.147 e. The Hall–Kier alpha value is -1.12. The first-order chi connectivity index (χ1) is 7.59. The third-order valence-corrected chi connectivity index (χ3v) is 2.87. The van der Waals surface area contributed by atoms with Gasteiger partial charge in [-0.05, 0) is 18.3 Å². The summed E-state index contributed by atoms with van der Waals surface area (Å²) in [4.78, 5) is 0. The predicted molar refractivity (Wildman–Crippen MR) is 63.9 cm³/mol. The Balaban J connectivity index is 2.41. The summed E-state index contributed by atoms with van der Waals surface area (Å²) in [5.41, 5.74) is 3.44. The first-order valence-electron chi connectivity index (χ1n) is 6.10. The second kappa shape index (κ2) is 4.40. The van der Waals surface area contributed by atoms with Crippen LogP contribution in [0, 0.1) is 5.92 Å². The van der Waals surface area contributed by atoms with Crippen LogP contribution in [-0.2, 0) is 12.8 Å². The molecule has 0 aromatic carbocycles. The van der Waals surface area contributed by atoms with Crippen molar-refractivity contribution in [2.24, 2.45) is 5.92 Å². The highest BCUT2D eigenvalue weighted by Crippen LogP contribution is 2.33. The van der Waals surface area contributed by atoms with Gasteiger partial charge >= 0.3 is 0 Å². The van der Waals surface area contributed by atoms with E-state index in [9.17, 15) is 0 Å². The first kappa shape index (κ1) is 11.4. The Morgan fingerprint density at radius 3 is 2.56 bits per heavy atom. The molecule has 0 aliphatic carbocycles. The summed E-state index contributed by atoms with van der Waals surface area (Å²) in [6.07, 6.45) is 1.94. The van der Waals surface area contributed by atoms with Gasteiger partial charge in [-0.25, -0.2) is 0 Å². The molecule has 1 aliphatic heterocycles. The molecule has 0 saturated heterocycles. The van der Waals surface area contributed by atoms with Crippen molar-refractivity contribution in [2.75, 3.05) is 6.61 Å². The maximum absolute atomic E-state index is 5.72. The van der Waals surface area contributed by atoms with Crippen molar-refractivity contribution in [2.45, 2.75) is 46.5 Å². The molecule has 3 nitrogen and oxygen atoms in total. The molecular formula is C13H20N2O. The highest BCUT2D eigenvalue weighted by atomic mass is 16.5. The number of aromatic nitrogens is 2. The number of nitrogens with zero attached hydrogens (tertiary/aromatic N) is 2. The van der Waals surface area contributed by atoms with E-state index >= 15 is 0 Å². The van der Waals surface area contributed by atoms with Crippen molar-refractivity contribution in [1.29, 1.82) is 0 Å². The summed E-state index contributed by atoms with van der Waals surface area (Å²) < 4.78 is 5.72. The summed E-state index contributed by atoms with van der Waals surface area (Å²) in [5.74, 6) is 2.04. The maximum Gasteiger partial charge on any atom is 0.147 e. The van der Waals surface area contributed by atoms with Crippen LogP contribution in [-0.4, -0.2) is 16.8 Å². The van der Waals surface area contributed by atoms with Gasteiger partial charge in [-0.3, -0.25) is 0 Å². The topological polar surface area (TPSA) is 35.0 Å². The monoisotopic (exact) mass is 220 g/mol. The molecule has 0 saturated carbocycles. The van der Waals surface area contributed by atoms with Crippen LogP contribution in [0.2, 0.25) is 0 Å². The van der Waals surface area contributed by atoms with Gasteiger partial charge in [0.1, 0.15) is 11.4 Å². The summed E-state index contributed by atoms with van der Waals surface area (Å²) in [6.45, 7) is 9.49. The van der Waals surface area contributed by atoms with Gasteiger partial charge in [0.15, 0.2) is 0 Å². The molecule has 3 heteroatoms. The molecule has 2 heterocycles. The normalized spacial score (nSPS) is 14.4.